The first-order valence-electron chi connectivity index (χ1n) is 7.61. The van der Waals surface area contributed by atoms with Crippen LogP contribution in [0.2, 0.25) is 0 Å². The highest BCUT2D eigenvalue weighted by Gasteiger charge is 2.12. The van der Waals surface area contributed by atoms with E-state index < -0.39 is 0 Å². The van der Waals surface area contributed by atoms with Crippen LogP contribution in [-0.4, -0.2) is 35.4 Å². The molecule has 0 saturated carbocycles. The Morgan fingerprint density at radius 1 is 1.27 bits per heavy atom. The molecule has 0 aliphatic heterocycles. The summed E-state index contributed by atoms with van der Waals surface area (Å²) < 4.78 is 12.5. The van der Waals surface area contributed by atoms with E-state index in [4.69, 9.17) is 9.47 Å². The second kappa shape index (κ2) is 7.79. The molecule has 2 aromatic heterocycles. The van der Waals surface area contributed by atoms with Crippen LogP contribution >= 0.6 is 23.1 Å². The van der Waals surface area contributed by atoms with E-state index in [0.717, 1.165) is 0 Å². The van der Waals surface area contributed by atoms with Gasteiger partial charge in [-0.15, -0.1) is 11.3 Å². The summed E-state index contributed by atoms with van der Waals surface area (Å²) in [5.41, 5.74) is 1.12. The van der Waals surface area contributed by atoms with Crippen molar-refractivity contribution in [3.05, 3.63) is 40.0 Å². The molecular formula is C17H17N3O4S2. The van der Waals surface area contributed by atoms with Crippen molar-refractivity contribution < 1.29 is 14.3 Å². The highest BCUT2D eigenvalue weighted by atomic mass is 32.2. The summed E-state index contributed by atoms with van der Waals surface area (Å²) in [4.78, 5) is 29.0. The van der Waals surface area contributed by atoms with Crippen LogP contribution < -0.4 is 20.3 Å². The lowest BCUT2D eigenvalue weighted by Crippen LogP contribution is -2.20. The molecule has 0 aliphatic rings. The van der Waals surface area contributed by atoms with Crippen molar-refractivity contribution in [1.29, 1.82) is 0 Å². The number of rotatable bonds is 6. The molecule has 0 saturated heterocycles. The minimum absolute atomic E-state index is 0.106. The molecule has 3 aromatic rings. The van der Waals surface area contributed by atoms with Gasteiger partial charge in [-0.05, 0) is 11.4 Å². The lowest BCUT2D eigenvalue weighted by Gasteiger charge is -2.10. The van der Waals surface area contributed by atoms with Crippen LogP contribution in [0.15, 0.2) is 39.6 Å². The molecule has 0 bridgehead atoms. The normalized spacial score (nSPS) is 10.7. The zero-order valence-electron chi connectivity index (χ0n) is 14.4. The summed E-state index contributed by atoms with van der Waals surface area (Å²) in [6.07, 6.45) is 0. The molecule has 3 rings (SSSR count). The summed E-state index contributed by atoms with van der Waals surface area (Å²) in [7, 11) is 4.74. The third kappa shape index (κ3) is 3.83. The van der Waals surface area contributed by atoms with E-state index in [1.807, 2.05) is 5.38 Å². The minimum atomic E-state index is -0.218. The Hall–Kier alpha value is -2.52. The van der Waals surface area contributed by atoms with Crippen molar-refractivity contribution in [2.45, 2.75) is 5.16 Å². The van der Waals surface area contributed by atoms with Gasteiger partial charge in [0.1, 0.15) is 16.2 Å². The molecule has 9 heteroatoms. The van der Waals surface area contributed by atoms with Crippen molar-refractivity contribution >= 4 is 44.9 Å². The van der Waals surface area contributed by atoms with E-state index in [1.165, 1.54) is 27.7 Å². The molecule has 0 aliphatic carbocycles. The maximum atomic E-state index is 12.3. The molecule has 0 spiro atoms. The number of hydrogen-bond donors (Lipinski definition) is 1. The minimum Gasteiger partial charge on any atom is -0.497 e. The number of fused-ring (bicyclic) bond motifs is 1. The molecular weight excluding hydrogens is 374 g/mol. The van der Waals surface area contributed by atoms with Gasteiger partial charge in [-0.1, -0.05) is 11.8 Å². The van der Waals surface area contributed by atoms with Crippen molar-refractivity contribution in [1.82, 2.24) is 9.55 Å². The van der Waals surface area contributed by atoms with Gasteiger partial charge in [-0.2, -0.15) is 0 Å². The van der Waals surface area contributed by atoms with Crippen LogP contribution in [0.5, 0.6) is 11.5 Å². The van der Waals surface area contributed by atoms with Crippen LogP contribution in [0.4, 0.5) is 5.69 Å². The van der Waals surface area contributed by atoms with Crippen LogP contribution in [0.25, 0.3) is 10.2 Å². The monoisotopic (exact) mass is 391 g/mol. The number of aromatic nitrogens is 2. The number of anilines is 1. The number of amides is 1. The molecule has 0 radical (unpaired) electrons. The van der Waals surface area contributed by atoms with Gasteiger partial charge in [-0.25, -0.2) is 4.98 Å². The topological polar surface area (TPSA) is 82.5 Å². The van der Waals surface area contributed by atoms with E-state index in [9.17, 15) is 9.59 Å². The smallest absolute Gasteiger partial charge is 0.271 e. The van der Waals surface area contributed by atoms with Gasteiger partial charge in [0, 0.05) is 30.9 Å². The van der Waals surface area contributed by atoms with Crippen LogP contribution in [0.3, 0.4) is 0 Å². The van der Waals surface area contributed by atoms with Gasteiger partial charge >= 0.3 is 0 Å². The number of hydrogen-bond acceptors (Lipinski definition) is 7. The summed E-state index contributed by atoms with van der Waals surface area (Å²) >= 11 is 2.57. The fraction of sp³-hybridized carbons (Fsp3) is 0.235. The van der Waals surface area contributed by atoms with Crippen molar-refractivity contribution in [2.75, 3.05) is 25.3 Å². The molecule has 2 heterocycles. The Labute approximate surface area is 158 Å². The number of ether oxygens (including phenoxy) is 2. The van der Waals surface area contributed by atoms with Crippen molar-refractivity contribution in [2.24, 2.45) is 7.05 Å². The van der Waals surface area contributed by atoms with E-state index in [1.54, 1.807) is 45.5 Å². The number of carbonyl (C=O) groups is 1. The van der Waals surface area contributed by atoms with Crippen LogP contribution in [0, 0.1) is 0 Å². The third-order valence-electron chi connectivity index (χ3n) is 3.61. The summed E-state index contributed by atoms with van der Waals surface area (Å²) in [5.74, 6) is 1.07. The molecule has 0 atom stereocenters. The van der Waals surface area contributed by atoms with E-state index in [0.29, 0.717) is 32.6 Å². The number of nitrogens with one attached hydrogen (secondary N) is 1. The standard InChI is InChI=1S/C17H17N3O4S2/c1-20-16(22)15-13(4-5-25-15)19-17(20)26-9-14(21)18-10-6-11(23-2)8-12(7-10)24-3/h4-8H,9H2,1-3H3,(H,18,21). The number of thiophene rings is 1. The first kappa shape index (κ1) is 18.3. The first-order valence-corrected chi connectivity index (χ1v) is 9.48. The Balaban J connectivity index is 1.72. The van der Waals surface area contributed by atoms with Gasteiger partial charge in [0.05, 0.1) is 25.5 Å². The van der Waals surface area contributed by atoms with Gasteiger partial charge in [0.2, 0.25) is 5.91 Å². The molecule has 7 nitrogen and oxygen atoms in total. The highest BCUT2D eigenvalue weighted by Crippen LogP contribution is 2.26. The maximum Gasteiger partial charge on any atom is 0.271 e. The zero-order valence-corrected chi connectivity index (χ0v) is 16.1. The predicted octanol–water partition coefficient (Wildman–Crippen LogP) is 2.74. The fourth-order valence-corrected chi connectivity index (χ4v) is 3.88. The predicted molar refractivity (Wildman–Crippen MR) is 104 cm³/mol. The van der Waals surface area contributed by atoms with Crippen molar-refractivity contribution in [3.63, 3.8) is 0 Å². The number of thioether (sulfide) groups is 1. The third-order valence-corrected chi connectivity index (χ3v) is 5.54. The summed E-state index contributed by atoms with van der Waals surface area (Å²) in [5, 5.41) is 5.12. The molecule has 136 valence electrons. The quantitative estimate of drug-likeness (QED) is 0.514. The molecule has 26 heavy (non-hydrogen) atoms. The van der Waals surface area contributed by atoms with Crippen molar-refractivity contribution in [3.8, 4) is 11.5 Å². The average Bonchev–Trinajstić information content (AvgIpc) is 3.11. The lowest BCUT2D eigenvalue weighted by atomic mass is 10.2. The van der Waals surface area contributed by atoms with Crippen LogP contribution in [0.1, 0.15) is 0 Å². The Morgan fingerprint density at radius 2 is 1.96 bits per heavy atom. The van der Waals surface area contributed by atoms with Gasteiger partial charge < -0.3 is 14.8 Å². The van der Waals surface area contributed by atoms with E-state index in [2.05, 4.69) is 10.3 Å². The molecule has 1 amide bonds. The summed E-state index contributed by atoms with van der Waals surface area (Å²) in [6.45, 7) is 0. The molecule has 1 N–H and O–H groups in total. The Morgan fingerprint density at radius 3 is 2.62 bits per heavy atom. The number of carbonyl (C=O) groups excluding carboxylic acids is 1. The van der Waals surface area contributed by atoms with E-state index >= 15 is 0 Å². The first-order chi connectivity index (χ1) is 12.5. The second-order valence-corrected chi connectivity index (χ2v) is 7.19. The molecule has 0 fully saturated rings. The molecule has 1 aromatic carbocycles. The van der Waals surface area contributed by atoms with Gasteiger partial charge in [-0.3, -0.25) is 14.2 Å². The average molecular weight is 391 g/mol. The SMILES string of the molecule is COc1cc(NC(=O)CSc2nc3ccsc3c(=O)n2C)cc(OC)c1. The number of nitrogens with zero attached hydrogens (tertiary/aromatic N) is 2. The van der Waals surface area contributed by atoms with Crippen LogP contribution in [-0.2, 0) is 11.8 Å². The van der Waals surface area contributed by atoms with Gasteiger partial charge in [0.15, 0.2) is 5.16 Å². The number of methoxy groups -OCH3 is 2. The molecule has 0 unspecified atom stereocenters. The lowest BCUT2D eigenvalue weighted by molar-refractivity contribution is -0.113. The maximum absolute atomic E-state index is 12.3. The largest absolute Gasteiger partial charge is 0.497 e. The summed E-state index contributed by atoms with van der Waals surface area (Å²) in [6, 6.07) is 6.93. The second-order valence-electron chi connectivity index (χ2n) is 5.33. The Bertz CT molecular complexity index is 991. The van der Waals surface area contributed by atoms with Gasteiger partial charge in [0.25, 0.3) is 5.56 Å². The Kier molecular flexibility index (Phi) is 5.48. The zero-order chi connectivity index (χ0) is 18.7. The number of benzene rings is 1. The fourth-order valence-electron chi connectivity index (χ4n) is 2.30. The van der Waals surface area contributed by atoms with E-state index in [-0.39, 0.29) is 17.2 Å². The highest BCUT2D eigenvalue weighted by molar-refractivity contribution is 7.99.